The van der Waals surface area contributed by atoms with E-state index in [9.17, 15) is 9.59 Å². The van der Waals surface area contributed by atoms with E-state index in [0.29, 0.717) is 22.2 Å². The maximum atomic E-state index is 13.0. The van der Waals surface area contributed by atoms with Crippen LogP contribution < -0.4 is 5.32 Å². The van der Waals surface area contributed by atoms with Gasteiger partial charge in [0.2, 0.25) is 5.91 Å². The summed E-state index contributed by atoms with van der Waals surface area (Å²) in [5.74, 6) is 1.47. The van der Waals surface area contributed by atoms with E-state index in [0.717, 1.165) is 55.9 Å². The zero-order valence-electron chi connectivity index (χ0n) is 15.5. The second kappa shape index (κ2) is 7.11. The minimum atomic E-state index is 0.0359. The third-order valence-electron chi connectivity index (χ3n) is 5.73. The molecule has 2 saturated carbocycles. The van der Waals surface area contributed by atoms with Crippen molar-refractivity contribution in [1.29, 1.82) is 0 Å². The number of nitrogens with zero attached hydrogens (tertiary/aromatic N) is 3. The number of thiophene rings is 1. The Labute approximate surface area is 172 Å². The highest BCUT2D eigenvalue weighted by Gasteiger charge is 2.34. The van der Waals surface area contributed by atoms with Crippen LogP contribution in [-0.2, 0) is 4.79 Å². The summed E-state index contributed by atoms with van der Waals surface area (Å²) in [6, 6.07) is 4.12. The lowest BCUT2D eigenvalue weighted by Crippen LogP contribution is -2.39. The van der Waals surface area contributed by atoms with Crippen molar-refractivity contribution in [3.05, 3.63) is 27.6 Å². The lowest BCUT2D eigenvalue weighted by atomic mass is 9.97. The van der Waals surface area contributed by atoms with Gasteiger partial charge in [0.1, 0.15) is 5.82 Å². The number of hydrogen-bond acceptors (Lipinski definition) is 5. The predicted octanol–water partition coefficient (Wildman–Crippen LogP) is 3.71. The smallest absolute Gasteiger partial charge is 0.264 e. The van der Waals surface area contributed by atoms with E-state index in [1.807, 2.05) is 17.0 Å². The number of aromatic amines is 1. The van der Waals surface area contributed by atoms with Gasteiger partial charge in [-0.3, -0.25) is 14.7 Å². The molecule has 2 aliphatic carbocycles. The van der Waals surface area contributed by atoms with Crippen LogP contribution in [0.3, 0.4) is 0 Å². The van der Waals surface area contributed by atoms with Crippen LogP contribution in [0.5, 0.6) is 0 Å². The number of H-pyrrole nitrogens is 1. The number of carbonyl (C=O) groups is 2. The minimum Gasteiger partial charge on any atom is -0.337 e. The number of aromatic nitrogens is 3. The van der Waals surface area contributed by atoms with Crippen molar-refractivity contribution < 1.29 is 9.59 Å². The van der Waals surface area contributed by atoms with Gasteiger partial charge in [0.15, 0.2) is 4.77 Å². The number of anilines is 1. The van der Waals surface area contributed by atoms with Gasteiger partial charge in [-0.05, 0) is 62.9 Å². The molecular formula is C19H23N5O2S2. The average molecular weight is 418 g/mol. The fraction of sp³-hybridized carbons (Fsp3) is 0.579. The van der Waals surface area contributed by atoms with Crippen LogP contribution in [0.25, 0.3) is 0 Å². The quantitative estimate of drug-likeness (QED) is 0.727. The first-order valence-corrected chi connectivity index (χ1v) is 11.2. The molecule has 3 aliphatic rings. The first-order valence-electron chi connectivity index (χ1n) is 9.97. The van der Waals surface area contributed by atoms with Crippen LogP contribution in [0.15, 0.2) is 12.1 Å². The molecule has 28 heavy (non-hydrogen) atoms. The van der Waals surface area contributed by atoms with Crippen LogP contribution in [0.2, 0.25) is 0 Å². The SMILES string of the molecule is O=C(Nc1ccc(C(=O)N2CCCC(c3n[nH]c(=S)n3C3CC3)C2)s1)C1CC1. The van der Waals surface area contributed by atoms with Crippen molar-refractivity contribution in [3.8, 4) is 0 Å². The van der Waals surface area contributed by atoms with Crippen LogP contribution >= 0.6 is 23.6 Å². The van der Waals surface area contributed by atoms with Crippen LogP contribution in [-0.4, -0.2) is 44.6 Å². The van der Waals surface area contributed by atoms with Gasteiger partial charge in [-0.25, -0.2) is 0 Å². The Hall–Kier alpha value is -2.00. The Morgan fingerprint density at radius 1 is 1.21 bits per heavy atom. The molecule has 5 rings (SSSR count). The Morgan fingerprint density at radius 2 is 2.04 bits per heavy atom. The van der Waals surface area contributed by atoms with Gasteiger partial charge in [-0.2, -0.15) is 5.10 Å². The van der Waals surface area contributed by atoms with Gasteiger partial charge in [0, 0.05) is 31.0 Å². The summed E-state index contributed by atoms with van der Waals surface area (Å²) in [6.07, 6.45) is 6.22. The molecule has 1 aliphatic heterocycles. The summed E-state index contributed by atoms with van der Waals surface area (Å²) in [4.78, 5) is 27.5. The molecule has 9 heteroatoms. The molecule has 2 aromatic rings. The van der Waals surface area contributed by atoms with Crippen LogP contribution in [0.1, 0.15) is 66.0 Å². The molecule has 3 fully saturated rings. The summed E-state index contributed by atoms with van der Waals surface area (Å²) in [5.41, 5.74) is 0. The Kier molecular flexibility index (Phi) is 4.59. The van der Waals surface area contributed by atoms with Crippen molar-refractivity contribution >= 4 is 40.4 Å². The van der Waals surface area contributed by atoms with Crippen molar-refractivity contribution in [3.63, 3.8) is 0 Å². The standard InChI is InChI=1S/C19H23N5O2S2/c25-17(11-3-4-11)20-15-8-7-14(28-15)18(26)23-9-1-2-12(10-23)16-21-22-19(27)24(16)13-5-6-13/h7-8,11-13H,1-6,9-10H2,(H,20,25)(H,22,27). The van der Waals surface area contributed by atoms with Gasteiger partial charge in [0.05, 0.1) is 9.88 Å². The normalized spacial score (nSPS) is 22.3. The molecular weight excluding hydrogens is 394 g/mol. The van der Waals surface area contributed by atoms with E-state index in [4.69, 9.17) is 12.2 Å². The highest BCUT2D eigenvalue weighted by Crippen LogP contribution is 2.39. The zero-order chi connectivity index (χ0) is 19.3. The van der Waals surface area contributed by atoms with E-state index in [1.54, 1.807) is 0 Å². The van der Waals surface area contributed by atoms with Crippen molar-refractivity contribution in [2.24, 2.45) is 5.92 Å². The highest BCUT2D eigenvalue weighted by molar-refractivity contribution is 7.71. The molecule has 0 aromatic carbocycles. The van der Waals surface area contributed by atoms with Gasteiger partial charge in [-0.15, -0.1) is 11.3 Å². The van der Waals surface area contributed by atoms with Gasteiger partial charge < -0.3 is 14.8 Å². The summed E-state index contributed by atoms with van der Waals surface area (Å²) >= 11 is 6.77. The Balaban J connectivity index is 1.28. The number of carbonyl (C=O) groups excluding carboxylic acids is 2. The molecule has 0 bridgehead atoms. The van der Waals surface area contributed by atoms with E-state index in [-0.39, 0.29) is 23.7 Å². The van der Waals surface area contributed by atoms with Crippen molar-refractivity contribution in [2.45, 2.75) is 50.5 Å². The molecule has 7 nitrogen and oxygen atoms in total. The third kappa shape index (κ3) is 3.53. The number of nitrogens with one attached hydrogen (secondary N) is 2. The maximum absolute atomic E-state index is 13.0. The third-order valence-corrected chi connectivity index (χ3v) is 7.01. The molecule has 148 valence electrons. The number of likely N-dealkylation sites (tertiary alicyclic amines) is 1. The van der Waals surface area contributed by atoms with Gasteiger partial charge in [0.25, 0.3) is 5.91 Å². The number of hydrogen-bond donors (Lipinski definition) is 2. The van der Waals surface area contributed by atoms with Crippen LogP contribution in [0, 0.1) is 10.7 Å². The van der Waals surface area contributed by atoms with E-state index < -0.39 is 0 Å². The zero-order valence-corrected chi connectivity index (χ0v) is 17.2. The van der Waals surface area contributed by atoms with Gasteiger partial charge >= 0.3 is 0 Å². The largest absolute Gasteiger partial charge is 0.337 e. The molecule has 2 amide bonds. The minimum absolute atomic E-state index is 0.0359. The second-order valence-corrected chi connectivity index (χ2v) is 9.48. The highest BCUT2D eigenvalue weighted by atomic mass is 32.1. The molecule has 1 atom stereocenters. The van der Waals surface area contributed by atoms with Crippen molar-refractivity contribution in [2.75, 3.05) is 18.4 Å². The summed E-state index contributed by atoms with van der Waals surface area (Å²) < 4.78 is 2.85. The van der Waals surface area contributed by atoms with Crippen LogP contribution in [0.4, 0.5) is 5.00 Å². The van der Waals surface area contributed by atoms with E-state index >= 15 is 0 Å². The molecule has 0 spiro atoms. The van der Waals surface area contributed by atoms with E-state index in [1.165, 1.54) is 11.3 Å². The summed E-state index contributed by atoms with van der Waals surface area (Å²) in [6.45, 7) is 1.42. The van der Waals surface area contributed by atoms with Crippen molar-refractivity contribution in [1.82, 2.24) is 19.7 Å². The number of amides is 2. The Morgan fingerprint density at radius 3 is 2.79 bits per heavy atom. The number of piperidine rings is 1. The first kappa shape index (κ1) is 18.1. The fourth-order valence-electron chi connectivity index (χ4n) is 3.91. The lowest BCUT2D eigenvalue weighted by Gasteiger charge is -2.32. The fourth-order valence-corrected chi connectivity index (χ4v) is 5.07. The second-order valence-electron chi connectivity index (χ2n) is 8.01. The maximum Gasteiger partial charge on any atom is 0.264 e. The first-order chi connectivity index (χ1) is 13.6. The molecule has 1 saturated heterocycles. The summed E-state index contributed by atoms with van der Waals surface area (Å²) in [7, 11) is 0. The average Bonchev–Trinajstić information content (AvgIpc) is 3.63. The van der Waals surface area contributed by atoms with Gasteiger partial charge in [-0.1, -0.05) is 0 Å². The lowest BCUT2D eigenvalue weighted by molar-refractivity contribution is -0.117. The topological polar surface area (TPSA) is 83.0 Å². The van der Waals surface area contributed by atoms with E-state index in [2.05, 4.69) is 20.1 Å². The summed E-state index contributed by atoms with van der Waals surface area (Å²) in [5, 5.41) is 11.1. The molecule has 1 unspecified atom stereocenters. The predicted molar refractivity (Wildman–Crippen MR) is 109 cm³/mol. The molecule has 2 N–H and O–H groups in total. The number of rotatable bonds is 5. The molecule has 2 aromatic heterocycles. The molecule has 3 heterocycles. The monoisotopic (exact) mass is 417 g/mol. The molecule has 0 radical (unpaired) electrons. The Bertz CT molecular complexity index is 969.